The van der Waals surface area contributed by atoms with Crippen LogP contribution in [0.2, 0.25) is 0 Å². The normalized spacial score (nSPS) is 30.5. The molecule has 3 aliphatic carbocycles. The maximum Gasteiger partial charge on any atom is 0.226 e. The number of Topliss-reactive ketones (excluding diaryl/α,β-unsaturated/α-hetero) is 1. The first-order chi connectivity index (χ1) is 16.8. The second-order valence-electron chi connectivity index (χ2n) is 10.7. The van der Waals surface area contributed by atoms with Crippen molar-refractivity contribution in [3.8, 4) is 5.75 Å². The summed E-state index contributed by atoms with van der Waals surface area (Å²) in [4.78, 5) is 31.5. The molecule has 2 saturated carbocycles. The van der Waals surface area contributed by atoms with Gasteiger partial charge in [-0.2, -0.15) is 0 Å². The third kappa shape index (κ3) is 3.98. The van der Waals surface area contributed by atoms with E-state index in [0.29, 0.717) is 35.4 Å². The molecule has 7 heteroatoms. The lowest BCUT2D eigenvalue weighted by Crippen LogP contribution is -2.44. The monoisotopic (exact) mass is 494 g/mol. The summed E-state index contributed by atoms with van der Waals surface area (Å²) < 4.78 is 5.57. The highest BCUT2D eigenvalue weighted by atomic mass is 32.1. The zero-order valence-corrected chi connectivity index (χ0v) is 21.7. The summed E-state index contributed by atoms with van der Waals surface area (Å²) in [5.74, 6) is 1.66. The van der Waals surface area contributed by atoms with Crippen molar-refractivity contribution in [2.45, 2.75) is 65.2 Å². The quantitative estimate of drug-likeness (QED) is 0.400. The molecule has 35 heavy (non-hydrogen) atoms. The van der Waals surface area contributed by atoms with Gasteiger partial charge in [0.25, 0.3) is 0 Å². The van der Waals surface area contributed by atoms with E-state index in [4.69, 9.17) is 4.74 Å². The van der Waals surface area contributed by atoms with E-state index in [1.165, 1.54) is 22.5 Å². The van der Waals surface area contributed by atoms with Gasteiger partial charge in [-0.25, -0.2) is 4.98 Å². The second-order valence-corrected chi connectivity index (χ2v) is 11.9. The Kier molecular flexibility index (Phi) is 6.24. The van der Waals surface area contributed by atoms with Gasteiger partial charge in [0.2, 0.25) is 5.91 Å². The van der Waals surface area contributed by atoms with Gasteiger partial charge in [-0.15, -0.1) is 11.3 Å². The molecule has 0 bridgehead atoms. The summed E-state index contributed by atoms with van der Waals surface area (Å²) in [5, 5.41) is 13.6. The molecule has 5 rings (SSSR count). The lowest BCUT2D eigenvalue weighted by atomic mass is 9.54. The molecule has 1 aromatic carbocycles. The van der Waals surface area contributed by atoms with Gasteiger partial charge >= 0.3 is 0 Å². The molecular formula is C28H34N2O4S. The number of aliphatic hydroxyl groups excluding tert-OH is 1. The van der Waals surface area contributed by atoms with Gasteiger partial charge in [0.15, 0.2) is 10.9 Å². The average molecular weight is 495 g/mol. The molecule has 0 radical (unpaired) electrons. The van der Waals surface area contributed by atoms with Gasteiger partial charge in [0, 0.05) is 28.5 Å². The number of hydrogen-bond donors (Lipinski definition) is 2. The van der Waals surface area contributed by atoms with Crippen LogP contribution in [0.5, 0.6) is 5.75 Å². The number of carbonyl (C=O) groups excluding carboxylic acids is 2. The number of allylic oxidation sites excluding steroid dienone is 1. The van der Waals surface area contributed by atoms with Crippen LogP contribution in [0.1, 0.15) is 66.5 Å². The van der Waals surface area contributed by atoms with Crippen LogP contribution in [0, 0.1) is 37.0 Å². The largest absolute Gasteiger partial charge is 0.515 e. The fraction of sp³-hybridized carbons (Fsp3) is 0.536. The number of benzene rings is 1. The third-order valence-electron chi connectivity index (χ3n) is 8.79. The first-order valence-corrected chi connectivity index (χ1v) is 13.4. The van der Waals surface area contributed by atoms with Crippen molar-refractivity contribution < 1.29 is 19.4 Å². The maximum atomic E-state index is 13.5. The molecule has 1 aromatic heterocycles. The molecule has 1 heterocycles. The van der Waals surface area contributed by atoms with Crippen LogP contribution in [0.4, 0.5) is 5.13 Å². The number of fused-ring (bicyclic) bond motifs is 5. The number of aryl methyl sites for hydroxylation is 3. The highest BCUT2D eigenvalue weighted by molar-refractivity contribution is 7.15. The Labute approximate surface area is 210 Å². The number of hydrogen-bond acceptors (Lipinski definition) is 6. The zero-order valence-electron chi connectivity index (χ0n) is 20.9. The number of anilines is 1. The summed E-state index contributed by atoms with van der Waals surface area (Å²) in [6, 6.07) is 4.47. The van der Waals surface area contributed by atoms with Crippen molar-refractivity contribution in [3.05, 3.63) is 51.7 Å². The number of aromatic nitrogens is 1. The molecule has 0 aliphatic heterocycles. The van der Waals surface area contributed by atoms with E-state index in [9.17, 15) is 14.7 Å². The number of ether oxygens (including phenoxy) is 1. The van der Waals surface area contributed by atoms with Crippen LogP contribution in [0.25, 0.3) is 0 Å². The van der Waals surface area contributed by atoms with Crippen LogP contribution >= 0.6 is 11.3 Å². The highest BCUT2D eigenvalue weighted by Gasteiger charge is 2.60. The summed E-state index contributed by atoms with van der Waals surface area (Å²) in [6.07, 6.45) is 7.36. The third-order valence-corrected chi connectivity index (χ3v) is 9.62. The Morgan fingerprint density at radius 1 is 1.34 bits per heavy atom. The standard InChI is InChI=1S/C28H34N2O4S/c1-15-11-21-17(12-23(15)34-4)5-6-19-18(21)9-10-28(3)25(19)20(22(14-31)26(28)33)7-8-24(32)30-27-29-13-16(2)35-27/h11-14,18-20,25,31H,5-10H2,1-4H3,(H,29,30,32)/b22-14+. The number of rotatable bonds is 5. The van der Waals surface area contributed by atoms with Crippen LogP contribution < -0.4 is 10.1 Å². The molecule has 186 valence electrons. The zero-order chi connectivity index (χ0) is 24.9. The van der Waals surface area contributed by atoms with Gasteiger partial charge in [0.1, 0.15) is 5.75 Å². The van der Waals surface area contributed by atoms with Gasteiger partial charge in [0.05, 0.1) is 13.4 Å². The lowest BCUT2D eigenvalue weighted by Gasteiger charge is -2.49. The Morgan fingerprint density at radius 3 is 2.83 bits per heavy atom. The van der Waals surface area contributed by atoms with Gasteiger partial charge in [-0.05, 0) is 92.4 Å². The Hall–Kier alpha value is -2.67. The van der Waals surface area contributed by atoms with E-state index in [1.54, 1.807) is 13.3 Å². The lowest BCUT2D eigenvalue weighted by molar-refractivity contribution is -0.127. The highest BCUT2D eigenvalue weighted by Crippen LogP contribution is 2.63. The van der Waals surface area contributed by atoms with Gasteiger partial charge in [-0.3, -0.25) is 9.59 Å². The first kappa shape index (κ1) is 24.0. The average Bonchev–Trinajstić information content (AvgIpc) is 3.34. The number of aliphatic hydroxyl groups is 1. The van der Waals surface area contributed by atoms with Crippen molar-refractivity contribution in [2.75, 3.05) is 12.4 Å². The van der Waals surface area contributed by atoms with E-state index in [-0.39, 0.29) is 23.5 Å². The molecule has 3 aliphatic rings. The fourth-order valence-electron chi connectivity index (χ4n) is 7.25. The number of amides is 1. The molecule has 5 unspecified atom stereocenters. The van der Waals surface area contributed by atoms with Crippen LogP contribution in [0.3, 0.4) is 0 Å². The van der Waals surface area contributed by atoms with Crippen molar-refractivity contribution in [3.63, 3.8) is 0 Å². The minimum Gasteiger partial charge on any atom is -0.515 e. The Morgan fingerprint density at radius 2 is 2.14 bits per heavy atom. The number of methoxy groups -OCH3 is 1. The smallest absolute Gasteiger partial charge is 0.226 e. The van der Waals surface area contributed by atoms with Crippen molar-refractivity contribution in [2.24, 2.45) is 23.2 Å². The summed E-state index contributed by atoms with van der Waals surface area (Å²) >= 11 is 1.45. The van der Waals surface area contributed by atoms with Crippen molar-refractivity contribution in [1.29, 1.82) is 0 Å². The Bertz CT molecular complexity index is 1200. The van der Waals surface area contributed by atoms with Crippen molar-refractivity contribution in [1.82, 2.24) is 4.98 Å². The fourth-order valence-corrected chi connectivity index (χ4v) is 7.93. The summed E-state index contributed by atoms with van der Waals surface area (Å²) in [6.45, 7) is 6.13. The van der Waals surface area contributed by atoms with Crippen LogP contribution in [0.15, 0.2) is 30.2 Å². The molecular weight excluding hydrogens is 460 g/mol. The minimum atomic E-state index is -0.484. The van der Waals surface area contributed by atoms with E-state index >= 15 is 0 Å². The van der Waals surface area contributed by atoms with Gasteiger partial charge < -0.3 is 15.2 Å². The van der Waals surface area contributed by atoms with E-state index in [0.717, 1.165) is 48.1 Å². The second kappa shape index (κ2) is 9.08. The predicted octanol–water partition coefficient (Wildman–Crippen LogP) is 5.89. The number of nitrogens with one attached hydrogen (secondary N) is 1. The molecule has 6 nitrogen and oxygen atoms in total. The van der Waals surface area contributed by atoms with E-state index < -0.39 is 5.41 Å². The number of carbonyl (C=O) groups is 2. The Balaban J connectivity index is 1.42. The number of thiazole rings is 1. The molecule has 0 saturated heterocycles. The number of ketones is 1. The van der Waals surface area contributed by atoms with Crippen LogP contribution in [-0.2, 0) is 16.0 Å². The van der Waals surface area contributed by atoms with E-state index in [2.05, 4.69) is 36.3 Å². The molecule has 2 aromatic rings. The van der Waals surface area contributed by atoms with E-state index in [1.807, 2.05) is 6.92 Å². The number of nitrogens with zero attached hydrogens (tertiary/aromatic N) is 1. The topological polar surface area (TPSA) is 88.5 Å². The first-order valence-electron chi connectivity index (χ1n) is 12.6. The minimum absolute atomic E-state index is 0.0705. The summed E-state index contributed by atoms with van der Waals surface area (Å²) in [5.41, 5.74) is 3.92. The van der Waals surface area contributed by atoms with Gasteiger partial charge in [-0.1, -0.05) is 13.0 Å². The SMILES string of the molecule is COc1cc2c(cc1C)C1CCC3(C)C(=O)/C(=C/O)C(CCC(=O)Nc4ncc(C)s4)C3C1CC2. The maximum absolute atomic E-state index is 13.5. The summed E-state index contributed by atoms with van der Waals surface area (Å²) in [7, 11) is 1.72. The molecule has 1 amide bonds. The predicted molar refractivity (Wildman–Crippen MR) is 137 cm³/mol. The molecule has 2 fully saturated rings. The molecule has 0 spiro atoms. The molecule has 2 N–H and O–H groups in total. The molecule has 5 atom stereocenters. The van der Waals surface area contributed by atoms with Crippen LogP contribution in [-0.4, -0.2) is 28.9 Å². The van der Waals surface area contributed by atoms with Crippen molar-refractivity contribution >= 4 is 28.2 Å².